The zero-order chi connectivity index (χ0) is 21.8. The number of amides is 3. The first-order valence-electron chi connectivity index (χ1n) is 10.1. The van der Waals surface area contributed by atoms with Crippen molar-refractivity contribution in [3.63, 3.8) is 0 Å². The van der Waals surface area contributed by atoms with Crippen LogP contribution in [0.5, 0.6) is 0 Å². The molecule has 0 fully saturated rings. The number of nitrogens with zero attached hydrogens (tertiary/aromatic N) is 1. The van der Waals surface area contributed by atoms with Crippen LogP contribution in [0.15, 0.2) is 0 Å². The summed E-state index contributed by atoms with van der Waals surface area (Å²) in [7, 11) is 1.39. The summed E-state index contributed by atoms with van der Waals surface area (Å²) in [5, 5.41) is 16.2. The molecule has 8 nitrogen and oxygen atoms in total. The lowest BCUT2D eigenvalue weighted by Gasteiger charge is -2.18. The van der Waals surface area contributed by atoms with Gasteiger partial charge in [0.1, 0.15) is 9.88 Å². The molecule has 0 unspecified atom stereocenters. The van der Waals surface area contributed by atoms with Crippen LogP contribution in [0.4, 0.5) is 9.80 Å². The maximum absolute atomic E-state index is 12.7. The topological polar surface area (TPSA) is 108 Å². The van der Waals surface area contributed by atoms with Crippen molar-refractivity contribution in [1.82, 2.24) is 10.4 Å². The number of thiophene rings is 1. The van der Waals surface area contributed by atoms with Gasteiger partial charge < -0.3 is 10.4 Å². The molecule has 29 heavy (non-hydrogen) atoms. The van der Waals surface area contributed by atoms with Crippen LogP contribution in [-0.2, 0) is 4.84 Å². The molecule has 0 atom stereocenters. The Morgan fingerprint density at radius 2 is 1.72 bits per heavy atom. The predicted octanol–water partition coefficient (Wildman–Crippen LogP) is 4.65. The minimum Gasteiger partial charge on any atom is -0.478 e. The molecule has 0 bridgehead atoms. The minimum absolute atomic E-state index is 0.0689. The second-order valence-corrected chi connectivity index (χ2v) is 7.82. The van der Waals surface area contributed by atoms with Crippen molar-refractivity contribution < 1.29 is 24.3 Å². The van der Waals surface area contributed by atoms with E-state index in [-0.39, 0.29) is 15.4 Å². The molecule has 0 aliphatic carbocycles. The van der Waals surface area contributed by atoms with Crippen LogP contribution in [0.2, 0.25) is 0 Å². The zero-order valence-corrected chi connectivity index (χ0v) is 18.6. The summed E-state index contributed by atoms with van der Waals surface area (Å²) in [4.78, 5) is 41.9. The molecule has 164 valence electrons. The van der Waals surface area contributed by atoms with Gasteiger partial charge in [0.25, 0.3) is 5.91 Å². The smallest absolute Gasteiger partial charge is 0.339 e. The highest BCUT2D eigenvalue weighted by Gasteiger charge is 2.28. The van der Waals surface area contributed by atoms with Crippen LogP contribution < -0.4 is 10.6 Å². The summed E-state index contributed by atoms with van der Waals surface area (Å²) in [5.41, 5.74) is 0.248. The SMILES string of the molecule is CCCCCCCCNC(=O)Nc1sc(C(=O)N(CCC)OC)c(C)c1C(=O)O. The first kappa shape index (κ1) is 24.9. The van der Waals surface area contributed by atoms with Gasteiger partial charge in [0.15, 0.2) is 0 Å². The van der Waals surface area contributed by atoms with Gasteiger partial charge in [0.05, 0.1) is 12.7 Å². The third-order valence-corrected chi connectivity index (χ3v) is 5.67. The summed E-state index contributed by atoms with van der Waals surface area (Å²) < 4.78 is 0. The lowest BCUT2D eigenvalue weighted by atomic mass is 10.1. The van der Waals surface area contributed by atoms with Crippen LogP contribution in [0.25, 0.3) is 0 Å². The molecule has 0 saturated carbocycles. The molecule has 1 aromatic heterocycles. The number of anilines is 1. The van der Waals surface area contributed by atoms with Gasteiger partial charge in [-0.25, -0.2) is 14.7 Å². The summed E-state index contributed by atoms with van der Waals surface area (Å²) in [5.74, 6) is -1.61. The number of carbonyl (C=O) groups is 3. The molecule has 1 rings (SSSR count). The van der Waals surface area contributed by atoms with Crippen LogP contribution in [0, 0.1) is 6.92 Å². The monoisotopic (exact) mass is 427 g/mol. The van der Waals surface area contributed by atoms with Gasteiger partial charge in [-0.3, -0.25) is 14.9 Å². The molecule has 0 aliphatic rings. The second kappa shape index (κ2) is 13.2. The van der Waals surface area contributed by atoms with Crippen LogP contribution >= 0.6 is 11.3 Å². The number of unbranched alkanes of at least 4 members (excludes halogenated alkanes) is 5. The van der Waals surface area contributed by atoms with E-state index in [9.17, 15) is 19.5 Å². The second-order valence-electron chi connectivity index (χ2n) is 6.80. The molecule has 1 aromatic rings. The summed E-state index contributed by atoms with van der Waals surface area (Å²) >= 11 is 0.949. The summed E-state index contributed by atoms with van der Waals surface area (Å²) in [6.45, 7) is 6.54. The third-order valence-electron chi connectivity index (χ3n) is 4.47. The largest absolute Gasteiger partial charge is 0.478 e. The Labute approximate surface area is 176 Å². The number of carboxylic acid groups (broad SMARTS) is 1. The predicted molar refractivity (Wildman–Crippen MR) is 115 cm³/mol. The summed E-state index contributed by atoms with van der Waals surface area (Å²) in [6, 6.07) is -0.474. The Balaban J connectivity index is 2.76. The van der Waals surface area contributed by atoms with Crippen molar-refractivity contribution >= 4 is 34.2 Å². The molecular weight excluding hydrogens is 394 g/mol. The maximum atomic E-state index is 12.7. The van der Waals surface area contributed by atoms with E-state index in [4.69, 9.17) is 4.84 Å². The number of rotatable bonds is 13. The zero-order valence-electron chi connectivity index (χ0n) is 17.8. The van der Waals surface area contributed by atoms with Crippen molar-refractivity contribution in [2.45, 2.75) is 65.7 Å². The number of carbonyl (C=O) groups excluding carboxylic acids is 2. The van der Waals surface area contributed by atoms with E-state index in [1.165, 1.54) is 31.4 Å². The van der Waals surface area contributed by atoms with Crippen LogP contribution in [0.3, 0.4) is 0 Å². The average molecular weight is 428 g/mol. The molecule has 0 spiro atoms. The molecule has 9 heteroatoms. The fraction of sp³-hybridized carbons (Fsp3) is 0.650. The van der Waals surface area contributed by atoms with Gasteiger partial charge in [0.2, 0.25) is 0 Å². The Morgan fingerprint density at radius 3 is 2.31 bits per heavy atom. The molecule has 0 radical (unpaired) electrons. The highest BCUT2D eigenvalue weighted by Crippen LogP contribution is 2.34. The van der Waals surface area contributed by atoms with Gasteiger partial charge >= 0.3 is 12.0 Å². The number of carboxylic acids is 1. The maximum Gasteiger partial charge on any atom is 0.339 e. The fourth-order valence-corrected chi connectivity index (χ4v) is 4.04. The quantitative estimate of drug-likeness (QED) is 0.314. The van der Waals surface area contributed by atoms with E-state index < -0.39 is 17.9 Å². The standard InChI is InChI=1S/C20H33N3O5S/c1-5-7-8-9-10-11-12-21-20(27)22-17-15(19(25)26)14(3)16(29-17)18(24)23(28-4)13-6-2/h5-13H2,1-4H3,(H,25,26)(H2,21,22,27). The van der Waals surface area contributed by atoms with Crippen LogP contribution in [0.1, 0.15) is 84.4 Å². The van der Waals surface area contributed by atoms with Gasteiger partial charge in [-0.05, 0) is 25.3 Å². The van der Waals surface area contributed by atoms with Crippen molar-refractivity contribution in [2.24, 2.45) is 0 Å². The normalized spacial score (nSPS) is 10.6. The Kier molecular flexibility index (Phi) is 11.3. The van der Waals surface area contributed by atoms with Crippen molar-refractivity contribution in [3.8, 4) is 0 Å². The Hall–Kier alpha value is -2.13. The van der Waals surface area contributed by atoms with E-state index in [0.29, 0.717) is 25.1 Å². The number of aromatic carboxylic acids is 1. The molecule has 0 aliphatic heterocycles. The van der Waals surface area contributed by atoms with Crippen molar-refractivity contribution in [3.05, 3.63) is 16.0 Å². The Morgan fingerprint density at radius 1 is 1.07 bits per heavy atom. The van der Waals surface area contributed by atoms with Crippen LogP contribution in [-0.4, -0.2) is 48.3 Å². The van der Waals surface area contributed by atoms with E-state index in [0.717, 1.165) is 30.6 Å². The molecule has 3 amide bonds. The number of hydrogen-bond donors (Lipinski definition) is 3. The van der Waals surface area contributed by atoms with Gasteiger partial charge in [-0.1, -0.05) is 46.0 Å². The molecule has 1 heterocycles. The molecule has 0 saturated heterocycles. The fourth-order valence-electron chi connectivity index (χ4n) is 2.91. The first-order chi connectivity index (χ1) is 13.9. The van der Waals surface area contributed by atoms with E-state index in [1.807, 2.05) is 6.92 Å². The number of hydrogen-bond acceptors (Lipinski definition) is 5. The van der Waals surface area contributed by atoms with Crippen molar-refractivity contribution in [2.75, 3.05) is 25.5 Å². The summed E-state index contributed by atoms with van der Waals surface area (Å²) in [6.07, 6.45) is 7.37. The first-order valence-corrected chi connectivity index (χ1v) is 11.0. The van der Waals surface area contributed by atoms with Crippen molar-refractivity contribution in [1.29, 1.82) is 0 Å². The third kappa shape index (κ3) is 7.66. The van der Waals surface area contributed by atoms with Gasteiger partial charge in [0, 0.05) is 13.1 Å². The number of hydroxylamine groups is 2. The van der Waals surface area contributed by atoms with Gasteiger partial charge in [-0.2, -0.15) is 0 Å². The van der Waals surface area contributed by atoms with E-state index in [2.05, 4.69) is 17.6 Å². The number of nitrogens with one attached hydrogen (secondary N) is 2. The van der Waals surface area contributed by atoms with E-state index in [1.54, 1.807) is 6.92 Å². The molecule has 0 aromatic carbocycles. The van der Waals surface area contributed by atoms with Gasteiger partial charge in [-0.15, -0.1) is 11.3 Å². The lowest BCUT2D eigenvalue weighted by molar-refractivity contribution is -0.0945. The van der Waals surface area contributed by atoms with E-state index >= 15 is 0 Å². The molecular formula is C20H33N3O5S. The highest BCUT2D eigenvalue weighted by molar-refractivity contribution is 7.18. The number of urea groups is 1. The lowest BCUT2D eigenvalue weighted by Crippen LogP contribution is -2.30. The Bertz CT molecular complexity index is 690. The highest BCUT2D eigenvalue weighted by atomic mass is 32.1. The molecule has 3 N–H and O–H groups in total. The minimum atomic E-state index is -1.19. The average Bonchev–Trinajstić information content (AvgIpc) is 3.00.